The monoisotopic (exact) mass is 330 g/mol. The molecule has 6 heteroatoms. The summed E-state index contributed by atoms with van der Waals surface area (Å²) in [5, 5.41) is 6.37. The van der Waals surface area contributed by atoms with E-state index < -0.39 is 0 Å². The van der Waals surface area contributed by atoms with Gasteiger partial charge < -0.3 is 10.6 Å². The molecular weight excluding hydrogens is 311 g/mol. The predicted molar refractivity (Wildman–Crippen MR) is 85.5 cm³/mol. The zero-order valence-electron chi connectivity index (χ0n) is 11.7. The Hall–Kier alpha value is -0.780. The molecule has 2 atom stereocenters. The van der Waals surface area contributed by atoms with Crippen molar-refractivity contribution >= 4 is 30.1 Å². The van der Waals surface area contributed by atoms with Gasteiger partial charge in [0.25, 0.3) is 0 Å². The Balaban J connectivity index is 0.00000161. The lowest BCUT2D eigenvalue weighted by molar-refractivity contribution is -0.126. The summed E-state index contributed by atoms with van der Waals surface area (Å²) in [6, 6.07) is 4.82. The molecule has 1 fully saturated rings. The van der Waals surface area contributed by atoms with Gasteiger partial charge in [-0.25, -0.2) is 4.39 Å². The van der Waals surface area contributed by atoms with E-state index in [1.54, 1.807) is 17.8 Å². The van der Waals surface area contributed by atoms with E-state index in [1.807, 2.05) is 6.07 Å². The van der Waals surface area contributed by atoms with E-state index >= 15 is 0 Å². The second kappa shape index (κ2) is 7.47. The summed E-state index contributed by atoms with van der Waals surface area (Å²) in [6.45, 7) is 1.75. The van der Waals surface area contributed by atoms with E-state index in [1.165, 1.54) is 6.07 Å². The second-order valence-electron chi connectivity index (χ2n) is 5.42. The quantitative estimate of drug-likeness (QED) is 0.876. The van der Waals surface area contributed by atoms with Crippen molar-refractivity contribution in [3.63, 3.8) is 0 Å². The molecule has 2 N–H and O–H groups in total. The van der Waals surface area contributed by atoms with E-state index in [0.29, 0.717) is 0 Å². The van der Waals surface area contributed by atoms with Crippen LogP contribution in [0.3, 0.4) is 0 Å². The molecule has 0 saturated carbocycles. The van der Waals surface area contributed by atoms with Crippen LogP contribution in [-0.4, -0.2) is 24.7 Å². The summed E-state index contributed by atoms with van der Waals surface area (Å²) in [7, 11) is 0. The van der Waals surface area contributed by atoms with Crippen molar-refractivity contribution in [1.82, 2.24) is 10.6 Å². The fourth-order valence-electron chi connectivity index (χ4n) is 2.88. The molecule has 116 valence electrons. The highest BCUT2D eigenvalue weighted by molar-refractivity contribution is 7.99. The zero-order chi connectivity index (χ0) is 13.9. The van der Waals surface area contributed by atoms with Crippen LogP contribution in [0.2, 0.25) is 0 Å². The predicted octanol–water partition coefficient (Wildman–Crippen LogP) is 2.90. The topological polar surface area (TPSA) is 41.1 Å². The molecule has 1 aromatic carbocycles. The summed E-state index contributed by atoms with van der Waals surface area (Å²) >= 11 is 1.73. The average molecular weight is 331 g/mol. The van der Waals surface area contributed by atoms with Crippen molar-refractivity contribution in [3.8, 4) is 0 Å². The van der Waals surface area contributed by atoms with Crippen LogP contribution in [-0.2, 0) is 4.79 Å². The Bertz CT molecular complexity index is 508. The van der Waals surface area contributed by atoms with Crippen molar-refractivity contribution in [1.29, 1.82) is 0 Å². The molecule has 0 radical (unpaired) electrons. The summed E-state index contributed by atoms with van der Waals surface area (Å²) in [6.07, 6.45) is 2.85. The Labute approximate surface area is 134 Å². The highest BCUT2D eigenvalue weighted by Gasteiger charge is 2.27. The Morgan fingerprint density at radius 3 is 3.00 bits per heavy atom. The first-order valence-corrected chi connectivity index (χ1v) is 8.16. The summed E-state index contributed by atoms with van der Waals surface area (Å²) in [4.78, 5) is 13.4. The molecule has 0 aliphatic carbocycles. The Morgan fingerprint density at radius 2 is 2.24 bits per heavy atom. The largest absolute Gasteiger partial charge is 0.349 e. The maximum atomic E-state index is 13.4. The lowest BCUT2D eigenvalue weighted by atomic mass is 9.97. The van der Waals surface area contributed by atoms with Crippen LogP contribution in [0.5, 0.6) is 0 Å². The van der Waals surface area contributed by atoms with E-state index in [0.717, 1.165) is 48.6 Å². The molecule has 2 aliphatic rings. The standard InChI is InChI=1S/C15H19FN2OS.ClH/c16-11-3-4-14-12(8-11)13(5-7-20-14)18-15(19)10-2-1-6-17-9-10;/h3-4,8,10,13,17H,1-2,5-7,9H2,(H,18,19);1H/t10-,13?;/m1./s1. The number of piperidine rings is 1. The molecule has 21 heavy (non-hydrogen) atoms. The molecule has 1 amide bonds. The Morgan fingerprint density at radius 1 is 1.38 bits per heavy atom. The maximum absolute atomic E-state index is 13.4. The van der Waals surface area contributed by atoms with Gasteiger partial charge in [-0.1, -0.05) is 0 Å². The molecule has 2 heterocycles. The summed E-state index contributed by atoms with van der Waals surface area (Å²) in [5.41, 5.74) is 0.929. The van der Waals surface area contributed by atoms with Gasteiger partial charge in [0.15, 0.2) is 0 Å². The molecule has 3 rings (SSSR count). The smallest absolute Gasteiger partial charge is 0.224 e. The van der Waals surface area contributed by atoms with Crippen LogP contribution in [0.1, 0.15) is 30.9 Å². The van der Waals surface area contributed by atoms with Crippen LogP contribution in [0.25, 0.3) is 0 Å². The molecule has 0 spiro atoms. The third-order valence-corrected chi connectivity index (χ3v) is 5.12. The third kappa shape index (κ3) is 3.90. The highest BCUT2D eigenvalue weighted by atomic mass is 35.5. The first-order chi connectivity index (χ1) is 9.74. The first-order valence-electron chi connectivity index (χ1n) is 7.17. The lowest BCUT2D eigenvalue weighted by Gasteiger charge is -2.29. The van der Waals surface area contributed by atoms with Crippen molar-refractivity contribution < 1.29 is 9.18 Å². The molecule has 0 aromatic heterocycles. The Kier molecular flexibility index (Phi) is 5.90. The number of carbonyl (C=O) groups excluding carboxylic acids is 1. The molecular formula is C15H20ClFN2OS. The van der Waals surface area contributed by atoms with Gasteiger partial charge in [-0.05, 0) is 49.6 Å². The van der Waals surface area contributed by atoms with Crippen LogP contribution >= 0.6 is 24.2 Å². The SMILES string of the molecule is Cl.O=C(NC1CCSc2ccc(F)cc21)[C@@H]1CCCNC1. The van der Waals surface area contributed by atoms with Crippen LogP contribution in [0, 0.1) is 11.7 Å². The van der Waals surface area contributed by atoms with Gasteiger partial charge >= 0.3 is 0 Å². The number of rotatable bonds is 2. The average Bonchev–Trinajstić information content (AvgIpc) is 2.49. The first kappa shape index (κ1) is 16.6. The minimum Gasteiger partial charge on any atom is -0.349 e. The highest BCUT2D eigenvalue weighted by Crippen LogP contribution is 2.36. The van der Waals surface area contributed by atoms with E-state index in [9.17, 15) is 9.18 Å². The normalized spacial score (nSPS) is 24.6. The fraction of sp³-hybridized carbons (Fsp3) is 0.533. The second-order valence-corrected chi connectivity index (χ2v) is 6.56. The number of nitrogens with one attached hydrogen (secondary N) is 2. The number of hydrogen-bond donors (Lipinski definition) is 2. The van der Waals surface area contributed by atoms with Gasteiger partial charge in [0.2, 0.25) is 5.91 Å². The number of thioether (sulfide) groups is 1. The van der Waals surface area contributed by atoms with Gasteiger partial charge in [-0.15, -0.1) is 24.2 Å². The van der Waals surface area contributed by atoms with Crippen LogP contribution in [0.15, 0.2) is 23.1 Å². The van der Waals surface area contributed by atoms with Gasteiger partial charge in [-0.2, -0.15) is 0 Å². The number of halogens is 2. The van der Waals surface area contributed by atoms with E-state index in [2.05, 4.69) is 10.6 Å². The third-order valence-electron chi connectivity index (χ3n) is 4.00. The molecule has 3 nitrogen and oxygen atoms in total. The molecule has 1 aromatic rings. The van der Waals surface area contributed by atoms with Crippen molar-refractivity contribution in [3.05, 3.63) is 29.6 Å². The molecule has 1 unspecified atom stereocenters. The van der Waals surface area contributed by atoms with E-state index in [-0.39, 0.29) is 36.1 Å². The van der Waals surface area contributed by atoms with Crippen molar-refractivity contribution in [2.24, 2.45) is 5.92 Å². The van der Waals surface area contributed by atoms with Crippen LogP contribution in [0.4, 0.5) is 4.39 Å². The van der Waals surface area contributed by atoms with Crippen molar-refractivity contribution in [2.75, 3.05) is 18.8 Å². The minimum atomic E-state index is -0.232. The van der Waals surface area contributed by atoms with Gasteiger partial charge in [0.1, 0.15) is 5.82 Å². The molecule has 0 bridgehead atoms. The lowest BCUT2D eigenvalue weighted by Crippen LogP contribution is -2.42. The number of benzene rings is 1. The zero-order valence-corrected chi connectivity index (χ0v) is 13.4. The van der Waals surface area contributed by atoms with Gasteiger partial charge in [-0.3, -0.25) is 4.79 Å². The van der Waals surface area contributed by atoms with E-state index in [4.69, 9.17) is 0 Å². The minimum absolute atomic E-state index is 0. The maximum Gasteiger partial charge on any atom is 0.224 e. The number of carbonyl (C=O) groups is 1. The van der Waals surface area contributed by atoms with Crippen molar-refractivity contribution in [2.45, 2.75) is 30.2 Å². The fourth-order valence-corrected chi connectivity index (χ4v) is 3.99. The van der Waals surface area contributed by atoms with Gasteiger partial charge in [0, 0.05) is 17.2 Å². The molecule has 2 aliphatic heterocycles. The summed E-state index contributed by atoms with van der Waals surface area (Å²) in [5.74, 6) is 0.886. The van der Waals surface area contributed by atoms with Crippen LogP contribution < -0.4 is 10.6 Å². The van der Waals surface area contributed by atoms with Gasteiger partial charge in [0.05, 0.1) is 12.0 Å². The number of hydrogen-bond acceptors (Lipinski definition) is 3. The number of fused-ring (bicyclic) bond motifs is 1. The number of amides is 1. The molecule has 1 saturated heterocycles. The summed E-state index contributed by atoms with van der Waals surface area (Å²) < 4.78 is 13.4.